The van der Waals surface area contributed by atoms with Crippen LogP contribution in [0.1, 0.15) is 48.8 Å². The van der Waals surface area contributed by atoms with Gasteiger partial charge >= 0.3 is 0 Å². The van der Waals surface area contributed by atoms with Gasteiger partial charge in [-0.2, -0.15) is 5.10 Å². The molecule has 0 aliphatic heterocycles. The molecule has 3 aromatic rings. The minimum Gasteiger partial charge on any atom is -0.494 e. The summed E-state index contributed by atoms with van der Waals surface area (Å²) in [5.41, 5.74) is 1.45. The summed E-state index contributed by atoms with van der Waals surface area (Å²) in [4.78, 5) is 20.3. The van der Waals surface area contributed by atoms with Crippen LogP contribution in [0.4, 0.5) is 5.69 Å². The summed E-state index contributed by atoms with van der Waals surface area (Å²) < 4.78 is 7.50. The summed E-state index contributed by atoms with van der Waals surface area (Å²) >= 11 is 0. The van der Waals surface area contributed by atoms with Crippen LogP contribution in [0.15, 0.2) is 36.8 Å². The van der Waals surface area contributed by atoms with Crippen LogP contribution in [0.2, 0.25) is 0 Å². The maximum absolute atomic E-state index is 12.4. The number of hydrogen-bond acceptors (Lipinski definition) is 5. The van der Waals surface area contributed by atoms with E-state index in [-0.39, 0.29) is 11.7 Å². The molecule has 134 valence electrons. The zero-order valence-electron chi connectivity index (χ0n) is 14.7. The summed E-state index contributed by atoms with van der Waals surface area (Å²) in [6.07, 6.45) is 11.3. The Bertz CT molecular complexity index is 916. The second-order valence-electron chi connectivity index (χ2n) is 6.54. The van der Waals surface area contributed by atoms with Crippen LogP contribution in [0.5, 0.6) is 5.75 Å². The van der Waals surface area contributed by atoms with Gasteiger partial charge in [-0.05, 0) is 25.0 Å². The lowest BCUT2D eigenvalue weighted by Gasteiger charge is -2.21. The molecule has 7 nitrogen and oxygen atoms in total. The number of rotatable bonds is 4. The smallest absolute Gasteiger partial charge is 0.293 e. The molecule has 0 bridgehead atoms. The Morgan fingerprint density at radius 3 is 2.69 bits per heavy atom. The van der Waals surface area contributed by atoms with E-state index in [2.05, 4.69) is 26.2 Å². The maximum Gasteiger partial charge on any atom is 0.293 e. The number of nitrogens with one attached hydrogen (secondary N) is 1. The topological polar surface area (TPSA) is 81.9 Å². The lowest BCUT2D eigenvalue weighted by molar-refractivity contribution is 0.101. The molecule has 1 aromatic carbocycles. The Labute approximate surface area is 151 Å². The van der Waals surface area contributed by atoms with Crippen LogP contribution >= 0.6 is 0 Å². The quantitative estimate of drug-likeness (QED) is 0.777. The average molecular weight is 351 g/mol. The molecular weight excluding hydrogens is 330 g/mol. The zero-order chi connectivity index (χ0) is 17.9. The fourth-order valence-corrected chi connectivity index (χ4v) is 3.47. The highest BCUT2D eigenvalue weighted by atomic mass is 16.5. The second kappa shape index (κ2) is 7.11. The van der Waals surface area contributed by atoms with Gasteiger partial charge in [0.1, 0.15) is 5.75 Å². The molecule has 1 aliphatic carbocycles. The number of anilines is 1. The molecule has 1 N–H and O–H groups in total. The number of benzene rings is 1. The number of ether oxygens (including phenoxy) is 1. The van der Waals surface area contributed by atoms with Gasteiger partial charge in [-0.1, -0.05) is 19.3 Å². The molecule has 1 amide bonds. The first-order chi connectivity index (χ1) is 12.7. The number of hydrogen-bond donors (Lipinski definition) is 1. The van der Waals surface area contributed by atoms with Crippen LogP contribution in [-0.4, -0.2) is 32.8 Å². The number of amides is 1. The van der Waals surface area contributed by atoms with Gasteiger partial charge in [0.25, 0.3) is 5.91 Å². The highest BCUT2D eigenvalue weighted by Gasteiger charge is 2.18. The minimum atomic E-state index is -0.372. The average Bonchev–Trinajstić information content (AvgIpc) is 3.11. The Morgan fingerprint density at radius 1 is 1.19 bits per heavy atom. The highest BCUT2D eigenvalue weighted by molar-refractivity contribution is 6.03. The Kier molecular flexibility index (Phi) is 4.51. The summed E-state index contributed by atoms with van der Waals surface area (Å²) in [6, 6.07) is 5.87. The number of aromatic nitrogens is 4. The summed E-state index contributed by atoms with van der Waals surface area (Å²) in [6.45, 7) is 0. The van der Waals surface area contributed by atoms with E-state index >= 15 is 0 Å². The van der Waals surface area contributed by atoms with Crippen molar-refractivity contribution in [1.29, 1.82) is 0 Å². The third-order valence-electron chi connectivity index (χ3n) is 4.81. The molecule has 2 aromatic heterocycles. The predicted octanol–water partition coefficient (Wildman–Crippen LogP) is 3.59. The van der Waals surface area contributed by atoms with Crippen molar-refractivity contribution in [2.24, 2.45) is 0 Å². The highest BCUT2D eigenvalue weighted by Crippen LogP contribution is 2.33. The van der Waals surface area contributed by atoms with Gasteiger partial charge in [0.05, 0.1) is 24.4 Å². The molecule has 0 radical (unpaired) electrons. The number of methoxy groups -OCH3 is 1. The van der Waals surface area contributed by atoms with Crippen molar-refractivity contribution >= 4 is 22.5 Å². The minimum absolute atomic E-state index is 0.118. The Balaban J connectivity index is 1.64. The fraction of sp³-hybridized carbons (Fsp3) is 0.368. The van der Waals surface area contributed by atoms with E-state index in [1.54, 1.807) is 13.2 Å². The molecule has 0 unspecified atom stereocenters. The van der Waals surface area contributed by atoms with Gasteiger partial charge in [-0.25, -0.2) is 9.97 Å². The first kappa shape index (κ1) is 16.5. The number of carbonyl (C=O) groups is 1. The van der Waals surface area contributed by atoms with E-state index in [9.17, 15) is 4.79 Å². The molecule has 0 spiro atoms. The molecule has 1 saturated carbocycles. The normalized spacial score (nSPS) is 15.1. The number of carbonyl (C=O) groups excluding carboxylic acids is 1. The number of nitrogens with zero attached hydrogens (tertiary/aromatic N) is 4. The molecule has 7 heteroatoms. The van der Waals surface area contributed by atoms with Crippen molar-refractivity contribution in [2.75, 3.05) is 12.4 Å². The molecule has 0 saturated heterocycles. The Morgan fingerprint density at radius 2 is 1.96 bits per heavy atom. The monoisotopic (exact) mass is 351 g/mol. The van der Waals surface area contributed by atoms with Crippen LogP contribution < -0.4 is 10.1 Å². The van der Waals surface area contributed by atoms with Crippen molar-refractivity contribution in [3.63, 3.8) is 0 Å². The van der Waals surface area contributed by atoms with E-state index in [0.717, 1.165) is 10.9 Å². The first-order valence-electron chi connectivity index (χ1n) is 8.90. The maximum atomic E-state index is 12.4. The first-order valence-corrected chi connectivity index (χ1v) is 8.90. The van der Waals surface area contributed by atoms with E-state index in [0.29, 0.717) is 17.5 Å². The molecule has 0 atom stereocenters. The van der Waals surface area contributed by atoms with Crippen molar-refractivity contribution in [2.45, 2.75) is 38.1 Å². The largest absolute Gasteiger partial charge is 0.494 e. The molecule has 1 fully saturated rings. The van der Waals surface area contributed by atoms with E-state index in [1.807, 2.05) is 12.1 Å². The summed E-state index contributed by atoms with van der Waals surface area (Å²) in [5, 5.41) is 8.53. The van der Waals surface area contributed by atoms with Gasteiger partial charge in [-0.15, -0.1) is 0 Å². The van der Waals surface area contributed by atoms with E-state index in [4.69, 9.17) is 9.84 Å². The van der Waals surface area contributed by atoms with Crippen molar-refractivity contribution in [3.05, 3.63) is 42.6 Å². The molecule has 4 rings (SSSR count). The summed E-state index contributed by atoms with van der Waals surface area (Å²) in [5.74, 6) is 0.311. The van der Waals surface area contributed by atoms with E-state index in [1.165, 1.54) is 44.5 Å². The number of fused-ring (bicyclic) bond motifs is 1. The van der Waals surface area contributed by atoms with Gasteiger partial charge in [0.2, 0.25) is 5.82 Å². The van der Waals surface area contributed by atoms with Crippen LogP contribution in [0.25, 0.3) is 10.9 Å². The van der Waals surface area contributed by atoms with Gasteiger partial charge < -0.3 is 10.1 Å². The lowest BCUT2D eigenvalue weighted by Crippen LogP contribution is -2.15. The molecular formula is C19H21N5O2. The Hall–Kier alpha value is -2.96. The van der Waals surface area contributed by atoms with Gasteiger partial charge in [0.15, 0.2) is 0 Å². The van der Waals surface area contributed by atoms with Crippen LogP contribution in [0, 0.1) is 0 Å². The molecule has 1 aliphatic rings. The standard InChI is InChI=1S/C19H21N5O2/c1-26-17-11-15-13(12-24(23-15)14-6-3-2-4-7-14)10-16(17)22-19(25)18-20-8-5-9-21-18/h5,8-12,14H,2-4,6-7H2,1H3,(H,22,25). The predicted molar refractivity (Wildman–Crippen MR) is 98.4 cm³/mol. The van der Waals surface area contributed by atoms with Gasteiger partial charge in [-0.3, -0.25) is 9.48 Å². The second-order valence-corrected chi connectivity index (χ2v) is 6.54. The zero-order valence-corrected chi connectivity index (χ0v) is 14.7. The van der Waals surface area contributed by atoms with Crippen molar-refractivity contribution in [1.82, 2.24) is 19.7 Å². The van der Waals surface area contributed by atoms with Crippen molar-refractivity contribution in [3.8, 4) is 5.75 Å². The fourth-order valence-electron chi connectivity index (χ4n) is 3.47. The van der Waals surface area contributed by atoms with Crippen LogP contribution in [-0.2, 0) is 0 Å². The van der Waals surface area contributed by atoms with Crippen LogP contribution in [0.3, 0.4) is 0 Å². The lowest BCUT2D eigenvalue weighted by atomic mass is 9.96. The molecule has 2 heterocycles. The summed E-state index contributed by atoms with van der Waals surface area (Å²) in [7, 11) is 1.58. The SMILES string of the molecule is COc1cc2nn(C3CCCCC3)cc2cc1NC(=O)c1ncccn1. The van der Waals surface area contributed by atoms with E-state index < -0.39 is 0 Å². The molecule has 26 heavy (non-hydrogen) atoms. The third kappa shape index (κ3) is 3.24. The van der Waals surface area contributed by atoms with Gasteiger partial charge in [0, 0.05) is 30.0 Å². The third-order valence-corrected chi connectivity index (χ3v) is 4.81. The van der Waals surface area contributed by atoms with Crippen molar-refractivity contribution < 1.29 is 9.53 Å².